The molecule has 0 radical (unpaired) electrons. The van der Waals surface area contributed by atoms with Crippen molar-refractivity contribution in [3.63, 3.8) is 0 Å². The number of nitrogens with two attached hydrogens (primary N) is 1. The Bertz CT molecular complexity index is 292. The molecule has 3 heteroatoms. The summed E-state index contributed by atoms with van der Waals surface area (Å²) >= 11 is 0. The molecule has 18 heavy (non-hydrogen) atoms. The minimum atomic E-state index is 0.151. The molecule has 3 nitrogen and oxygen atoms in total. The van der Waals surface area contributed by atoms with E-state index in [9.17, 15) is 0 Å². The summed E-state index contributed by atoms with van der Waals surface area (Å²) < 4.78 is 5.75. The minimum absolute atomic E-state index is 0.151. The molecule has 0 amide bonds. The van der Waals surface area contributed by atoms with Gasteiger partial charge in [-0.15, -0.1) is 0 Å². The summed E-state index contributed by atoms with van der Waals surface area (Å²) in [5.41, 5.74) is 6.70. The molecular weight excluding hydrogens is 224 g/mol. The minimum Gasteiger partial charge on any atom is -0.377 e. The fourth-order valence-electron chi connectivity index (χ4n) is 4.28. The normalized spacial score (nSPS) is 40.3. The van der Waals surface area contributed by atoms with E-state index in [2.05, 4.69) is 32.7 Å². The van der Waals surface area contributed by atoms with E-state index in [0.717, 1.165) is 19.6 Å². The predicted octanol–water partition coefficient (Wildman–Crippen LogP) is 2.39. The standard InChI is InChI=1S/C15H30N2O/c1-12-13(7-10-18-12)17(4)15(11-16)9-6-5-8-14(15,2)3/h12-13H,5-11,16H2,1-4H3. The summed E-state index contributed by atoms with van der Waals surface area (Å²) in [7, 11) is 2.27. The molecule has 0 aromatic carbocycles. The second-order valence-electron chi connectivity index (χ2n) is 6.87. The molecule has 3 unspecified atom stereocenters. The van der Waals surface area contributed by atoms with Gasteiger partial charge in [0.1, 0.15) is 0 Å². The number of hydrogen-bond acceptors (Lipinski definition) is 3. The summed E-state index contributed by atoms with van der Waals surface area (Å²) in [6, 6.07) is 0.533. The van der Waals surface area contributed by atoms with E-state index in [1.54, 1.807) is 0 Å². The monoisotopic (exact) mass is 254 g/mol. The van der Waals surface area contributed by atoms with Crippen LogP contribution in [-0.2, 0) is 4.74 Å². The Morgan fingerprint density at radius 1 is 1.28 bits per heavy atom. The first-order valence-electron chi connectivity index (χ1n) is 7.49. The second kappa shape index (κ2) is 5.10. The van der Waals surface area contributed by atoms with Crippen molar-refractivity contribution in [3.05, 3.63) is 0 Å². The topological polar surface area (TPSA) is 38.5 Å². The molecule has 1 aliphatic heterocycles. The smallest absolute Gasteiger partial charge is 0.0703 e. The van der Waals surface area contributed by atoms with Crippen LogP contribution in [0.15, 0.2) is 0 Å². The van der Waals surface area contributed by atoms with Crippen molar-refractivity contribution in [3.8, 4) is 0 Å². The average molecular weight is 254 g/mol. The molecule has 2 N–H and O–H groups in total. The van der Waals surface area contributed by atoms with Gasteiger partial charge in [-0.3, -0.25) is 4.90 Å². The molecule has 106 valence electrons. The van der Waals surface area contributed by atoms with Crippen LogP contribution in [0.3, 0.4) is 0 Å². The van der Waals surface area contributed by atoms with Gasteiger partial charge in [0.15, 0.2) is 0 Å². The van der Waals surface area contributed by atoms with Crippen molar-refractivity contribution in [1.82, 2.24) is 4.90 Å². The average Bonchev–Trinajstić information content (AvgIpc) is 2.74. The Morgan fingerprint density at radius 2 is 1.94 bits per heavy atom. The molecule has 2 aliphatic rings. The Hall–Kier alpha value is -0.120. The molecule has 0 spiro atoms. The molecular formula is C15H30N2O. The van der Waals surface area contributed by atoms with Crippen molar-refractivity contribution in [2.45, 2.75) is 70.6 Å². The molecule has 2 rings (SSSR count). The zero-order valence-corrected chi connectivity index (χ0v) is 12.5. The van der Waals surface area contributed by atoms with Crippen molar-refractivity contribution in [1.29, 1.82) is 0 Å². The van der Waals surface area contributed by atoms with Crippen LogP contribution in [0.25, 0.3) is 0 Å². The number of likely N-dealkylation sites (N-methyl/N-ethyl adjacent to an activating group) is 1. The third-order valence-corrected chi connectivity index (χ3v) is 5.75. The van der Waals surface area contributed by atoms with Crippen molar-refractivity contribution < 1.29 is 4.74 Å². The highest BCUT2D eigenvalue weighted by Crippen LogP contribution is 2.48. The quantitative estimate of drug-likeness (QED) is 0.840. The van der Waals surface area contributed by atoms with Gasteiger partial charge in [-0.25, -0.2) is 0 Å². The van der Waals surface area contributed by atoms with E-state index in [1.807, 2.05) is 0 Å². The summed E-state index contributed by atoms with van der Waals surface area (Å²) in [5, 5.41) is 0. The van der Waals surface area contributed by atoms with Gasteiger partial charge in [0, 0.05) is 24.7 Å². The van der Waals surface area contributed by atoms with Crippen LogP contribution in [0, 0.1) is 5.41 Å². The zero-order valence-electron chi connectivity index (χ0n) is 12.5. The van der Waals surface area contributed by atoms with Crippen LogP contribution in [0.2, 0.25) is 0 Å². The highest BCUT2D eigenvalue weighted by Gasteiger charge is 2.51. The van der Waals surface area contributed by atoms with Crippen molar-refractivity contribution in [2.24, 2.45) is 11.1 Å². The van der Waals surface area contributed by atoms with E-state index in [4.69, 9.17) is 10.5 Å². The number of rotatable bonds is 3. The molecule has 2 fully saturated rings. The molecule has 0 aromatic heterocycles. The van der Waals surface area contributed by atoms with E-state index in [0.29, 0.717) is 17.6 Å². The molecule has 0 bridgehead atoms. The lowest BCUT2D eigenvalue weighted by Crippen LogP contribution is -2.65. The number of hydrogen-bond donors (Lipinski definition) is 1. The van der Waals surface area contributed by atoms with Gasteiger partial charge >= 0.3 is 0 Å². The Morgan fingerprint density at radius 3 is 2.44 bits per heavy atom. The first kappa shape index (κ1) is 14.3. The van der Waals surface area contributed by atoms with E-state index in [1.165, 1.54) is 25.7 Å². The summed E-state index contributed by atoms with van der Waals surface area (Å²) in [4.78, 5) is 2.57. The Kier molecular flexibility index (Phi) is 4.05. The second-order valence-corrected chi connectivity index (χ2v) is 6.87. The van der Waals surface area contributed by atoms with Crippen LogP contribution in [0.4, 0.5) is 0 Å². The predicted molar refractivity (Wildman–Crippen MR) is 75.6 cm³/mol. The van der Waals surface area contributed by atoms with Crippen LogP contribution in [-0.4, -0.2) is 42.8 Å². The van der Waals surface area contributed by atoms with Gasteiger partial charge in [-0.1, -0.05) is 26.7 Å². The third kappa shape index (κ3) is 2.10. The zero-order chi connectivity index (χ0) is 13.4. The van der Waals surface area contributed by atoms with E-state index >= 15 is 0 Å². The van der Waals surface area contributed by atoms with Gasteiger partial charge in [0.05, 0.1) is 6.10 Å². The summed E-state index contributed by atoms with van der Waals surface area (Å²) in [6.07, 6.45) is 6.67. The van der Waals surface area contributed by atoms with Gasteiger partial charge < -0.3 is 10.5 Å². The highest BCUT2D eigenvalue weighted by atomic mass is 16.5. The van der Waals surface area contributed by atoms with Crippen LogP contribution in [0.5, 0.6) is 0 Å². The molecule has 1 heterocycles. The lowest BCUT2D eigenvalue weighted by atomic mass is 9.62. The Labute approximate surface area is 112 Å². The van der Waals surface area contributed by atoms with Crippen LogP contribution in [0.1, 0.15) is 52.9 Å². The fourth-order valence-corrected chi connectivity index (χ4v) is 4.28. The molecule has 3 atom stereocenters. The lowest BCUT2D eigenvalue weighted by molar-refractivity contribution is -0.0642. The van der Waals surface area contributed by atoms with Crippen LogP contribution < -0.4 is 5.73 Å². The van der Waals surface area contributed by atoms with Crippen molar-refractivity contribution >= 4 is 0 Å². The first-order chi connectivity index (χ1) is 8.44. The molecule has 1 aliphatic carbocycles. The number of nitrogens with zero attached hydrogens (tertiary/aromatic N) is 1. The maximum absolute atomic E-state index is 6.25. The van der Waals surface area contributed by atoms with Crippen LogP contribution >= 0.6 is 0 Å². The molecule has 1 saturated heterocycles. The van der Waals surface area contributed by atoms with Gasteiger partial charge in [-0.05, 0) is 38.6 Å². The maximum Gasteiger partial charge on any atom is 0.0703 e. The van der Waals surface area contributed by atoms with Gasteiger partial charge in [0.25, 0.3) is 0 Å². The van der Waals surface area contributed by atoms with Gasteiger partial charge in [0.2, 0.25) is 0 Å². The summed E-state index contributed by atoms with van der Waals surface area (Å²) in [6.45, 7) is 8.66. The maximum atomic E-state index is 6.25. The fraction of sp³-hybridized carbons (Fsp3) is 1.00. The van der Waals surface area contributed by atoms with Gasteiger partial charge in [-0.2, -0.15) is 0 Å². The Balaban J connectivity index is 2.25. The lowest BCUT2D eigenvalue weighted by Gasteiger charge is -2.57. The SMILES string of the molecule is CC1OCCC1N(C)C1(CN)CCCCC1(C)C. The third-order valence-electron chi connectivity index (χ3n) is 5.75. The van der Waals surface area contributed by atoms with E-state index in [-0.39, 0.29) is 5.54 Å². The van der Waals surface area contributed by atoms with Crippen molar-refractivity contribution in [2.75, 3.05) is 20.2 Å². The summed E-state index contributed by atoms with van der Waals surface area (Å²) in [5.74, 6) is 0. The molecule has 0 aromatic rings. The molecule has 1 saturated carbocycles. The largest absolute Gasteiger partial charge is 0.377 e. The number of ether oxygens (including phenoxy) is 1. The first-order valence-corrected chi connectivity index (χ1v) is 7.49. The highest BCUT2D eigenvalue weighted by molar-refractivity contribution is 5.06. The van der Waals surface area contributed by atoms with E-state index < -0.39 is 0 Å².